The minimum absolute atomic E-state index is 0.148. The van der Waals surface area contributed by atoms with Gasteiger partial charge in [-0.25, -0.2) is 0 Å². The largest absolute Gasteiger partial charge is 0.481 e. The Morgan fingerprint density at radius 2 is 2.00 bits per heavy atom. The second-order valence-corrected chi connectivity index (χ2v) is 3.86. The van der Waals surface area contributed by atoms with Crippen LogP contribution in [-0.4, -0.2) is 21.8 Å². The maximum absolute atomic E-state index is 10.3. The Hall–Kier alpha value is -0.570. The molecule has 0 aromatic carbocycles. The number of rotatable bonds is 6. The van der Waals surface area contributed by atoms with Gasteiger partial charge in [0.1, 0.15) is 0 Å². The molecule has 0 amide bonds. The average Bonchev–Trinajstić information content (AvgIpc) is 2.03. The highest BCUT2D eigenvalue weighted by atomic mass is 16.4. The summed E-state index contributed by atoms with van der Waals surface area (Å²) >= 11 is 0. The van der Waals surface area contributed by atoms with E-state index in [-0.39, 0.29) is 12.3 Å². The van der Waals surface area contributed by atoms with Crippen molar-refractivity contribution in [3.63, 3.8) is 0 Å². The van der Waals surface area contributed by atoms with Crippen molar-refractivity contribution >= 4 is 5.97 Å². The van der Waals surface area contributed by atoms with E-state index < -0.39 is 11.6 Å². The molecule has 0 radical (unpaired) electrons. The molecule has 2 N–H and O–H groups in total. The molecular formula is C10H20O3. The van der Waals surface area contributed by atoms with Crippen molar-refractivity contribution < 1.29 is 15.0 Å². The zero-order valence-electron chi connectivity index (χ0n) is 8.71. The Morgan fingerprint density at radius 3 is 2.31 bits per heavy atom. The van der Waals surface area contributed by atoms with Crippen LogP contribution in [0.2, 0.25) is 0 Å². The van der Waals surface area contributed by atoms with Crippen LogP contribution >= 0.6 is 0 Å². The smallest absolute Gasteiger partial charge is 0.303 e. The van der Waals surface area contributed by atoms with Crippen molar-refractivity contribution in [2.75, 3.05) is 0 Å². The van der Waals surface area contributed by atoms with Gasteiger partial charge in [0.15, 0.2) is 0 Å². The summed E-state index contributed by atoms with van der Waals surface area (Å²) in [4.78, 5) is 10.3. The minimum Gasteiger partial charge on any atom is -0.481 e. The molecule has 0 bridgehead atoms. The zero-order valence-corrected chi connectivity index (χ0v) is 8.71. The highest BCUT2D eigenvalue weighted by molar-refractivity contribution is 5.66. The van der Waals surface area contributed by atoms with E-state index in [1.807, 2.05) is 20.8 Å². The van der Waals surface area contributed by atoms with Crippen molar-refractivity contribution in [3.05, 3.63) is 0 Å². The predicted molar refractivity (Wildman–Crippen MR) is 51.6 cm³/mol. The first-order valence-corrected chi connectivity index (χ1v) is 4.86. The second kappa shape index (κ2) is 5.22. The number of hydrogen-bond acceptors (Lipinski definition) is 2. The lowest BCUT2D eigenvalue weighted by Gasteiger charge is -2.30. The molecule has 0 aromatic rings. The number of hydrogen-bond donors (Lipinski definition) is 2. The van der Waals surface area contributed by atoms with E-state index in [1.165, 1.54) is 0 Å². The van der Waals surface area contributed by atoms with Crippen LogP contribution in [0.3, 0.4) is 0 Å². The summed E-state index contributed by atoms with van der Waals surface area (Å²) in [6, 6.07) is 0. The first kappa shape index (κ1) is 12.4. The van der Waals surface area contributed by atoms with Gasteiger partial charge in [-0.05, 0) is 25.2 Å². The Balaban J connectivity index is 3.91. The third-order valence-electron chi connectivity index (χ3n) is 2.69. The number of aliphatic hydroxyl groups is 1. The monoisotopic (exact) mass is 188 g/mol. The molecule has 0 aliphatic rings. The topological polar surface area (TPSA) is 57.5 Å². The molecule has 3 nitrogen and oxygen atoms in total. The van der Waals surface area contributed by atoms with Gasteiger partial charge >= 0.3 is 5.97 Å². The maximum Gasteiger partial charge on any atom is 0.303 e. The quantitative estimate of drug-likeness (QED) is 0.670. The van der Waals surface area contributed by atoms with Gasteiger partial charge in [-0.2, -0.15) is 0 Å². The van der Waals surface area contributed by atoms with Gasteiger partial charge in [-0.15, -0.1) is 0 Å². The molecule has 0 aliphatic carbocycles. The molecule has 0 fully saturated rings. The lowest BCUT2D eigenvalue weighted by molar-refractivity contribution is -0.137. The van der Waals surface area contributed by atoms with E-state index in [4.69, 9.17) is 5.11 Å². The second-order valence-electron chi connectivity index (χ2n) is 3.86. The number of carboxylic acids is 1. The normalized spacial score (nSPS) is 15.8. The van der Waals surface area contributed by atoms with Crippen LogP contribution < -0.4 is 0 Å². The Morgan fingerprint density at radius 1 is 1.46 bits per heavy atom. The first-order chi connectivity index (χ1) is 5.92. The van der Waals surface area contributed by atoms with E-state index in [9.17, 15) is 9.90 Å². The molecule has 0 saturated carbocycles. The van der Waals surface area contributed by atoms with Gasteiger partial charge in [0.2, 0.25) is 0 Å². The van der Waals surface area contributed by atoms with Crippen LogP contribution in [0, 0.1) is 5.92 Å². The molecule has 1 unspecified atom stereocenters. The van der Waals surface area contributed by atoms with Gasteiger partial charge < -0.3 is 10.2 Å². The third-order valence-corrected chi connectivity index (χ3v) is 2.69. The van der Waals surface area contributed by atoms with Gasteiger partial charge in [0.05, 0.1) is 5.60 Å². The first-order valence-electron chi connectivity index (χ1n) is 4.86. The SMILES string of the molecule is CCC(O)(CCCC(=O)O)C(C)C. The summed E-state index contributed by atoms with van der Waals surface area (Å²) in [7, 11) is 0. The molecule has 0 aliphatic heterocycles. The molecule has 1 atom stereocenters. The molecule has 78 valence electrons. The summed E-state index contributed by atoms with van der Waals surface area (Å²) in [6.45, 7) is 5.86. The number of carboxylic acid groups (broad SMARTS) is 1. The molecule has 0 heterocycles. The number of aliphatic carboxylic acids is 1. The summed E-state index contributed by atoms with van der Waals surface area (Å²) in [6.07, 6.45) is 1.96. The van der Waals surface area contributed by atoms with Gasteiger partial charge in [0, 0.05) is 6.42 Å². The van der Waals surface area contributed by atoms with Crippen molar-refractivity contribution in [1.82, 2.24) is 0 Å². The standard InChI is InChI=1S/C10H20O3/c1-4-10(13,8(2)3)7-5-6-9(11)12/h8,13H,4-7H2,1-3H3,(H,11,12). The number of carbonyl (C=O) groups is 1. The van der Waals surface area contributed by atoms with Crippen LogP contribution in [0.15, 0.2) is 0 Å². The Kier molecular flexibility index (Phi) is 4.99. The minimum atomic E-state index is -0.790. The Labute approximate surface area is 79.8 Å². The fourth-order valence-corrected chi connectivity index (χ4v) is 1.42. The van der Waals surface area contributed by atoms with E-state index in [1.54, 1.807) is 0 Å². The van der Waals surface area contributed by atoms with Crippen molar-refractivity contribution in [1.29, 1.82) is 0 Å². The molecule has 13 heavy (non-hydrogen) atoms. The van der Waals surface area contributed by atoms with Crippen molar-refractivity contribution in [2.45, 2.75) is 52.1 Å². The van der Waals surface area contributed by atoms with E-state index in [2.05, 4.69) is 0 Å². The maximum atomic E-state index is 10.3. The van der Waals surface area contributed by atoms with Gasteiger partial charge in [0.25, 0.3) is 0 Å². The third kappa shape index (κ3) is 4.27. The summed E-state index contributed by atoms with van der Waals surface area (Å²) in [5.41, 5.74) is -0.685. The molecule has 0 spiro atoms. The molecule has 0 rings (SSSR count). The molecule has 0 aromatic heterocycles. The summed E-state index contributed by atoms with van der Waals surface area (Å²) in [5, 5.41) is 18.5. The fraction of sp³-hybridized carbons (Fsp3) is 0.900. The summed E-state index contributed by atoms with van der Waals surface area (Å²) < 4.78 is 0. The molecule has 3 heteroatoms. The van der Waals surface area contributed by atoms with Crippen LogP contribution in [0.25, 0.3) is 0 Å². The Bertz CT molecular complexity index is 166. The van der Waals surface area contributed by atoms with Gasteiger partial charge in [-0.3, -0.25) is 4.79 Å². The lowest BCUT2D eigenvalue weighted by Crippen LogP contribution is -2.34. The van der Waals surface area contributed by atoms with Crippen molar-refractivity contribution in [3.8, 4) is 0 Å². The van der Waals surface area contributed by atoms with Crippen LogP contribution in [0.4, 0.5) is 0 Å². The average molecular weight is 188 g/mol. The van der Waals surface area contributed by atoms with E-state index >= 15 is 0 Å². The van der Waals surface area contributed by atoms with E-state index in [0.717, 1.165) is 0 Å². The zero-order chi connectivity index (χ0) is 10.5. The predicted octanol–water partition coefficient (Wildman–Crippen LogP) is 2.04. The van der Waals surface area contributed by atoms with Crippen LogP contribution in [0.5, 0.6) is 0 Å². The molecule has 0 saturated heterocycles. The van der Waals surface area contributed by atoms with Gasteiger partial charge in [-0.1, -0.05) is 20.8 Å². The highest BCUT2D eigenvalue weighted by Crippen LogP contribution is 2.26. The van der Waals surface area contributed by atoms with Crippen LogP contribution in [-0.2, 0) is 4.79 Å². The fourth-order valence-electron chi connectivity index (χ4n) is 1.42. The lowest BCUT2D eigenvalue weighted by atomic mass is 9.83. The summed E-state index contributed by atoms with van der Waals surface area (Å²) in [5.74, 6) is -0.603. The van der Waals surface area contributed by atoms with Crippen molar-refractivity contribution in [2.24, 2.45) is 5.92 Å². The van der Waals surface area contributed by atoms with E-state index in [0.29, 0.717) is 19.3 Å². The van der Waals surface area contributed by atoms with Crippen LogP contribution in [0.1, 0.15) is 46.5 Å². The highest BCUT2D eigenvalue weighted by Gasteiger charge is 2.28. The molecular weight excluding hydrogens is 168 g/mol.